The summed E-state index contributed by atoms with van der Waals surface area (Å²) in [6, 6.07) is 6.40. The van der Waals surface area contributed by atoms with Crippen molar-refractivity contribution in [3.05, 3.63) is 41.6 Å². The van der Waals surface area contributed by atoms with Crippen LogP contribution in [0.5, 0.6) is 0 Å². The fourth-order valence-electron chi connectivity index (χ4n) is 1.78. The van der Waals surface area contributed by atoms with Crippen molar-refractivity contribution < 1.29 is 24.6 Å². The van der Waals surface area contributed by atoms with Crippen LogP contribution in [-0.4, -0.2) is 46.1 Å². The highest BCUT2D eigenvalue weighted by atomic mass is 32.2. The molecule has 0 aromatic heterocycles. The standard InChI is InChI=1S/C16H17N3O5S/c1-25-6-5-13(16(23)24)19-14(20)11(8-17)9-18-12-4-2-3-10(7-12)15(21)22/h2-4,7,9,13,18H,5-6H2,1H3,(H,19,20)(H,21,22)(H,23,24)/b11-9-. The third kappa shape index (κ3) is 6.56. The zero-order valence-corrected chi connectivity index (χ0v) is 14.2. The van der Waals surface area contributed by atoms with E-state index in [0.29, 0.717) is 11.4 Å². The number of nitriles is 1. The number of hydrogen-bond donors (Lipinski definition) is 4. The van der Waals surface area contributed by atoms with E-state index in [1.54, 1.807) is 12.1 Å². The number of rotatable bonds is 9. The normalized spacial score (nSPS) is 11.9. The zero-order valence-electron chi connectivity index (χ0n) is 13.4. The number of amides is 1. The summed E-state index contributed by atoms with van der Waals surface area (Å²) in [5.74, 6) is -2.56. The third-order valence-electron chi connectivity index (χ3n) is 3.07. The highest BCUT2D eigenvalue weighted by Crippen LogP contribution is 2.11. The number of nitrogens with zero attached hydrogens (tertiary/aromatic N) is 1. The van der Waals surface area contributed by atoms with Gasteiger partial charge in [-0.2, -0.15) is 17.0 Å². The molecule has 0 saturated heterocycles. The molecule has 0 bridgehead atoms. The van der Waals surface area contributed by atoms with Crippen LogP contribution >= 0.6 is 11.8 Å². The van der Waals surface area contributed by atoms with Gasteiger partial charge >= 0.3 is 11.9 Å². The SMILES string of the molecule is CSCCC(NC(=O)/C(C#N)=C\Nc1cccc(C(=O)O)c1)C(=O)O. The molecule has 0 aliphatic rings. The molecule has 132 valence electrons. The Labute approximate surface area is 148 Å². The van der Waals surface area contributed by atoms with Gasteiger partial charge in [0.25, 0.3) is 5.91 Å². The number of nitrogens with one attached hydrogen (secondary N) is 2. The van der Waals surface area contributed by atoms with Crippen LogP contribution in [0.15, 0.2) is 36.0 Å². The minimum Gasteiger partial charge on any atom is -0.480 e. The Bertz CT molecular complexity index is 727. The summed E-state index contributed by atoms with van der Waals surface area (Å²) in [5, 5.41) is 32.1. The second-order valence-corrected chi connectivity index (χ2v) is 5.83. The first-order valence-electron chi connectivity index (χ1n) is 7.11. The summed E-state index contributed by atoms with van der Waals surface area (Å²) < 4.78 is 0. The Morgan fingerprint density at radius 1 is 1.36 bits per heavy atom. The van der Waals surface area contributed by atoms with Gasteiger partial charge in [-0.25, -0.2) is 9.59 Å². The molecule has 9 heteroatoms. The first-order chi connectivity index (χ1) is 11.9. The van der Waals surface area contributed by atoms with Gasteiger partial charge in [0.1, 0.15) is 17.7 Å². The Balaban J connectivity index is 2.83. The number of anilines is 1. The maximum atomic E-state index is 12.0. The van der Waals surface area contributed by atoms with Gasteiger partial charge in [-0.1, -0.05) is 6.07 Å². The van der Waals surface area contributed by atoms with Gasteiger partial charge < -0.3 is 20.8 Å². The van der Waals surface area contributed by atoms with Gasteiger partial charge in [-0.15, -0.1) is 0 Å². The maximum Gasteiger partial charge on any atom is 0.335 e. The first kappa shape index (κ1) is 20.1. The van der Waals surface area contributed by atoms with Crippen molar-refractivity contribution in [2.75, 3.05) is 17.3 Å². The second kappa shape index (κ2) is 10.00. The Kier molecular flexibility index (Phi) is 8.02. The number of carbonyl (C=O) groups is 3. The van der Waals surface area contributed by atoms with Gasteiger partial charge in [0.15, 0.2) is 0 Å². The summed E-state index contributed by atoms with van der Waals surface area (Å²) in [6.07, 6.45) is 3.15. The molecule has 1 aromatic rings. The molecule has 0 saturated carbocycles. The number of aromatic carboxylic acids is 1. The highest BCUT2D eigenvalue weighted by Gasteiger charge is 2.21. The number of carboxylic acids is 2. The smallest absolute Gasteiger partial charge is 0.335 e. The van der Waals surface area contributed by atoms with E-state index in [-0.39, 0.29) is 17.6 Å². The minimum atomic E-state index is -1.18. The molecule has 0 fully saturated rings. The molecule has 1 atom stereocenters. The zero-order chi connectivity index (χ0) is 18.8. The number of hydrogen-bond acceptors (Lipinski definition) is 6. The van der Waals surface area contributed by atoms with Gasteiger partial charge in [0.2, 0.25) is 0 Å². The summed E-state index contributed by atoms with van der Waals surface area (Å²) in [5.41, 5.74) is 0.0955. The highest BCUT2D eigenvalue weighted by molar-refractivity contribution is 7.98. The molecular weight excluding hydrogens is 346 g/mol. The van der Waals surface area contributed by atoms with Crippen LogP contribution in [0.3, 0.4) is 0 Å². The van der Waals surface area contributed by atoms with Crippen molar-refractivity contribution in [2.24, 2.45) is 0 Å². The van der Waals surface area contributed by atoms with Crippen LogP contribution in [0.4, 0.5) is 5.69 Å². The summed E-state index contributed by atoms with van der Waals surface area (Å²) in [4.78, 5) is 34.1. The lowest BCUT2D eigenvalue weighted by molar-refractivity contribution is -0.141. The molecule has 0 aliphatic heterocycles. The monoisotopic (exact) mass is 363 g/mol. The molecule has 25 heavy (non-hydrogen) atoms. The number of benzene rings is 1. The molecule has 1 unspecified atom stereocenters. The molecule has 0 aliphatic carbocycles. The van der Waals surface area contributed by atoms with Gasteiger partial charge in [-0.05, 0) is 36.6 Å². The minimum absolute atomic E-state index is 0.0457. The van der Waals surface area contributed by atoms with Crippen LogP contribution in [0, 0.1) is 11.3 Å². The van der Waals surface area contributed by atoms with Crippen LogP contribution in [0.25, 0.3) is 0 Å². The molecular formula is C16H17N3O5S. The molecule has 4 N–H and O–H groups in total. The van der Waals surface area contributed by atoms with E-state index >= 15 is 0 Å². The Hall–Kier alpha value is -2.99. The molecule has 1 amide bonds. The van der Waals surface area contributed by atoms with Crippen molar-refractivity contribution in [1.82, 2.24) is 5.32 Å². The first-order valence-corrected chi connectivity index (χ1v) is 8.51. The number of carbonyl (C=O) groups excluding carboxylic acids is 1. The number of thioether (sulfide) groups is 1. The lowest BCUT2D eigenvalue weighted by atomic mass is 10.2. The van der Waals surface area contributed by atoms with Crippen molar-refractivity contribution in [3.8, 4) is 6.07 Å². The third-order valence-corrected chi connectivity index (χ3v) is 3.72. The van der Waals surface area contributed by atoms with E-state index in [9.17, 15) is 14.4 Å². The average molecular weight is 363 g/mol. The van der Waals surface area contributed by atoms with Crippen molar-refractivity contribution in [3.63, 3.8) is 0 Å². The molecule has 1 rings (SSSR count). The van der Waals surface area contributed by atoms with Gasteiger partial charge in [-0.3, -0.25) is 4.79 Å². The summed E-state index contributed by atoms with van der Waals surface area (Å²) in [7, 11) is 0. The van der Waals surface area contributed by atoms with E-state index in [1.165, 1.54) is 30.0 Å². The second-order valence-electron chi connectivity index (χ2n) is 4.85. The molecule has 1 aromatic carbocycles. The molecule has 0 heterocycles. The van der Waals surface area contributed by atoms with Crippen LogP contribution in [0.2, 0.25) is 0 Å². The largest absolute Gasteiger partial charge is 0.480 e. The maximum absolute atomic E-state index is 12.0. The topological polar surface area (TPSA) is 140 Å². The summed E-state index contributed by atoms with van der Waals surface area (Å²) in [6.45, 7) is 0. The van der Waals surface area contributed by atoms with Gasteiger partial charge in [0, 0.05) is 11.9 Å². The van der Waals surface area contributed by atoms with E-state index in [4.69, 9.17) is 15.5 Å². The van der Waals surface area contributed by atoms with E-state index in [1.807, 2.05) is 6.26 Å². The predicted octanol–water partition coefficient (Wildman–Crippen LogP) is 1.53. The quantitative estimate of drug-likeness (QED) is 0.382. The van der Waals surface area contributed by atoms with Gasteiger partial charge in [0.05, 0.1) is 5.56 Å². The number of aliphatic carboxylic acids is 1. The lowest BCUT2D eigenvalue weighted by Crippen LogP contribution is -2.41. The molecule has 8 nitrogen and oxygen atoms in total. The fourth-order valence-corrected chi connectivity index (χ4v) is 2.25. The predicted molar refractivity (Wildman–Crippen MR) is 93.3 cm³/mol. The Morgan fingerprint density at radius 2 is 2.08 bits per heavy atom. The summed E-state index contributed by atoms with van der Waals surface area (Å²) >= 11 is 1.45. The average Bonchev–Trinajstić information content (AvgIpc) is 2.59. The van der Waals surface area contributed by atoms with E-state index in [2.05, 4.69) is 10.6 Å². The van der Waals surface area contributed by atoms with E-state index in [0.717, 1.165) is 6.20 Å². The number of carboxylic acid groups (broad SMARTS) is 2. The van der Waals surface area contributed by atoms with Crippen LogP contribution in [0.1, 0.15) is 16.8 Å². The van der Waals surface area contributed by atoms with Crippen molar-refractivity contribution in [2.45, 2.75) is 12.5 Å². The molecule has 0 radical (unpaired) electrons. The van der Waals surface area contributed by atoms with Crippen molar-refractivity contribution in [1.29, 1.82) is 5.26 Å². The van der Waals surface area contributed by atoms with Crippen molar-refractivity contribution >= 4 is 35.3 Å². The van der Waals surface area contributed by atoms with E-state index < -0.39 is 23.9 Å². The van der Waals surface area contributed by atoms with Crippen LogP contribution in [-0.2, 0) is 9.59 Å². The Morgan fingerprint density at radius 3 is 2.64 bits per heavy atom. The molecule has 0 spiro atoms. The lowest BCUT2D eigenvalue weighted by Gasteiger charge is -2.13. The fraction of sp³-hybridized carbons (Fsp3) is 0.250. The van der Waals surface area contributed by atoms with Crippen LogP contribution < -0.4 is 10.6 Å².